The Morgan fingerprint density at radius 2 is 2.00 bits per heavy atom. The lowest BCUT2D eigenvalue weighted by atomic mass is 9.89. The molecule has 0 aromatic heterocycles. The van der Waals surface area contributed by atoms with Gasteiger partial charge in [0.1, 0.15) is 11.5 Å². The third-order valence-electron chi connectivity index (χ3n) is 2.99. The predicted octanol–water partition coefficient (Wildman–Crippen LogP) is 2.07. The van der Waals surface area contributed by atoms with Gasteiger partial charge in [-0.1, -0.05) is 0 Å². The number of carbonyl (C=O) groups excluding carboxylic acids is 1. The summed E-state index contributed by atoms with van der Waals surface area (Å²) in [5.74, 6) is -0.0483. The van der Waals surface area contributed by atoms with Crippen molar-refractivity contribution in [3.8, 4) is 11.5 Å². The fourth-order valence-corrected chi connectivity index (χ4v) is 2.26. The molecule has 0 heterocycles. The molecule has 0 aliphatic heterocycles. The lowest BCUT2D eigenvalue weighted by Crippen LogP contribution is -2.17. The summed E-state index contributed by atoms with van der Waals surface area (Å²) in [4.78, 5) is 22.6. The number of rotatable bonds is 5. The second kappa shape index (κ2) is 5.73. The minimum atomic E-state index is -1.06. The van der Waals surface area contributed by atoms with Gasteiger partial charge < -0.3 is 14.6 Å². The molecule has 0 fully saturated rings. The van der Waals surface area contributed by atoms with Gasteiger partial charge in [-0.3, -0.25) is 4.79 Å². The van der Waals surface area contributed by atoms with Crippen LogP contribution >= 0.6 is 0 Å². The van der Waals surface area contributed by atoms with Gasteiger partial charge >= 0.3 is 5.97 Å². The maximum atomic E-state index is 12.0. The zero-order valence-electron chi connectivity index (χ0n) is 10.8. The van der Waals surface area contributed by atoms with Crippen LogP contribution in [0.5, 0.6) is 11.5 Å². The van der Waals surface area contributed by atoms with Crippen molar-refractivity contribution in [2.45, 2.75) is 26.2 Å². The largest absolute Gasteiger partial charge is 0.494 e. The monoisotopic (exact) mass is 264 g/mol. The topological polar surface area (TPSA) is 72.8 Å². The number of carboxylic acid groups (broad SMARTS) is 1. The Hall–Kier alpha value is -2.04. The number of carboxylic acids is 1. The molecule has 5 nitrogen and oxygen atoms in total. The Balaban J connectivity index is 2.39. The molecule has 0 radical (unpaired) electrons. The molecule has 0 saturated heterocycles. The van der Waals surface area contributed by atoms with Crippen LogP contribution in [0.1, 0.15) is 35.7 Å². The van der Waals surface area contributed by atoms with Crippen LogP contribution < -0.4 is 9.47 Å². The summed E-state index contributed by atoms with van der Waals surface area (Å²) < 4.78 is 10.7. The first kappa shape index (κ1) is 13.4. The van der Waals surface area contributed by atoms with Crippen LogP contribution in [-0.2, 0) is 11.2 Å². The fourth-order valence-electron chi connectivity index (χ4n) is 2.26. The highest BCUT2D eigenvalue weighted by Gasteiger charge is 2.25. The van der Waals surface area contributed by atoms with Crippen molar-refractivity contribution in [1.82, 2.24) is 0 Å². The molecule has 1 aliphatic rings. The normalized spacial score (nSPS) is 13.8. The van der Waals surface area contributed by atoms with Crippen LogP contribution in [0.2, 0.25) is 0 Å². The van der Waals surface area contributed by atoms with Crippen molar-refractivity contribution in [1.29, 1.82) is 0 Å². The lowest BCUT2D eigenvalue weighted by Gasteiger charge is -2.21. The number of carbonyl (C=O) groups is 2. The number of ketones is 1. The van der Waals surface area contributed by atoms with E-state index >= 15 is 0 Å². The van der Waals surface area contributed by atoms with Gasteiger partial charge in [0, 0.05) is 12.0 Å². The molecule has 0 atom stereocenters. The van der Waals surface area contributed by atoms with E-state index in [9.17, 15) is 9.59 Å². The van der Waals surface area contributed by atoms with Crippen molar-refractivity contribution in [2.75, 3.05) is 13.2 Å². The third-order valence-corrected chi connectivity index (χ3v) is 2.99. The molecular weight excluding hydrogens is 248 g/mol. The Labute approximate surface area is 111 Å². The number of benzene rings is 1. The third kappa shape index (κ3) is 2.86. The molecule has 0 amide bonds. The van der Waals surface area contributed by atoms with E-state index in [0.29, 0.717) is 30.1 Å². The highest BCUT2D eigenvalue weighted by molar-refractivity contribution is 6.01. The smallest absolute Gasteiger partial charge is 0.341 e. The average Bonchev–Trinajstić information content (AvgIpc) is 2.38. The summed E-state index contributed by atoms with van der Waals surface area (Å²) >= 11 is 0. The van der Waals surface area contributed by atoms with Crippen molar-refractivity contribution in [3.63, 3.8) is 0 Å². The number of ether oxygens (including phenoxy) is 2. The van der Waals surface area contributed by atoms with Crippen LogP contribution in [0.25, 0.3) is 0 Å². The minimum absolute atomic E-state index is 0.0109. The van der Waals surface area contributed by atoms with E-state index in [0.717, 1.165) is 18.4 Å². The summed E-state index contributed by atoms with van der Waals surface area (Å²) in [5, 5.41) is 8.65. The van der Waals surface area contributed by atoms with Crippen molar-refractivity contribution in [2.24, 2.45) is 0 Å². The van der Waals surface area contributed by atoms with E-state index < -0.39 is 12.6 Å². The Kier molecular flexibility index (Phi) is 4.04. The molecule has 0 spiro atoms. The highest BCUT2D eigenvalue weighted by Crippen LogP contribution is 2.36. The summed E-state index contributed by atoms with van der Waals surface area (Å²) in [7, 11) is 0. The summed E-state index contributed by atoms with van der Waals surface area (Å²) in [6.45, 7) is 1.95. The summed E-state index contributed by atoms with van der Waals surface area (Å²) in [6.07, 6.45) is 2.00. The van der Waals surface area contributed by atoms with E-state index in [-0.39, 0.29) is 5.78 Å². The highest BCUT2D eigenvalue weighted by atomic mass is 16.5. The van der Waals surface area contributed by atoms with Gasteiger partial charge in [-0.15, -0.1) is 0 Å². The lowest BCUT2D eigenvalue weighted by molar-refractivity contribution is -0.139. The first-order valence-corrected chi connectivity index (χ1v) is 6.30. The molecule has 1 aliphatic carbocycles. The van der Waals surface area contributed by atoms with Gasteiger partial charge in [0.2, 0.25) is 0 Å². The van der Waals surface area contributed by atoms with E-state index in [1.54, 1.807) is 12.1 Å². The Bertz CT molecular complexity index is 507. The van der Waals surface area contributed by atoms with Crippen LogP contribution in [-0.4, -0.2) is 30.1 Å². The van der Waals surface area contributed by atoms with Crippen molar-refractivity contribution < 1.29 is 24.2 Å². The van der Waals surface area contributed by atoms with Crippen LogP contribution in [0.3, 0.4) is 0 Å². The SMILES string of the molecule is CCOc1ccc(OCC(=O)O)c2c1CCCC2=O. The van der Waals surface area contributed by atoms with Gasteiger partial charge in [0.15, 0.2) is 12.4 Å². The molecule has 0 saturated carbocycles. The Morgan fingerprint density at radius 3 is 2.68 bits per heavy atom. The van der Waals surface area contributed by atoms with Crippen LogP contribution in [0.15, 0.2) is 12.1 Å². The molecule has 1 N–H and O–H groups in total. The van der Waals surface area contributed by atoms with Crippen molar-refractivity contribution in [3.05, 3.63) is 23.3 Å². The zero-order chi connectivity index (χ0) is 13.8. The van der Waals surface area contributed by atoms with E-state index in [4.69, 9.17) is 14.6 Å². The van der Waals surface area contributed by atoms with Gasteiger partial charge in [0.25, 0.3) is 0 Å². The number of hydrogen-bond acceptors (Lipinski definition) is 4. The standard InChI is InChI=1S/C14H16O5/c1-2-18-11-6-7-12(19-8-13(16)17)14-9(11)4-3-5-10(14)15/h6-7H,2-5,8H2,1H3,(H,16,17). The van der Waals surface area contributed by atoms with Gasteiger partial charge in [-0.25, -0.2) is 4.79 Å². The molecule has 2 rings (SSSR count). The van der Waals surface area contributed by atoms with Gasteiger partial charge in [-0.05, 0) is 31.9 Å². The second-order valence-electron chi connectivity index (χ2n) is 4.31. The molecule has 102 valence electrons. The first-order valence-electron chi connectivity index (χ1n) is 6.30. The maximum Gasteiger partial charge on any atom is 0.341 e. The summed E-state index contributed by atoms with van der Waals surface area (Å²) in [6, 6.07) is 3.34. The molecule has 1 aromatic rings. The average molecular weight is 264 g/mol. The number of Topliss-reactive ketones (excluding diaryl/α,β-unsaturated/α-hetero) is 1. The van der Waals surface area contributed by atoms with E-state index in [1.165, 1.54) is 0 Å². The van der Waals surface area contributed by atoms with Crippen molar-refractivity contribution >= 4 is 11.8 Å². The second-order valence-corrected chi connectivity index (χ2v) is 4.31. The molecule has 1 aromatic carbocycles. The number of hydrogen-bond donors (Lipinski definition) is 1. The summed E-state index contributed by atoms with van der Waals surface area (Å²) in [5.41, 5.74) is 1.32. The van der Waals surface area contributed by atoms with Crippen LogP contribution in [0.4, 0.5) is 0 Å². The number of fused-ring (bicyclic) bond motifs is 1. The van der Waals surface area contributed by atoms with Crippen LogP contribution in [0, 0.1) is 0 Å². The number of aliphatic carboxylic acids is 1. The quantitative estimate of drug-likeness (QED) is 0.881. The molecule has 0 unspecified atom stereocenters. The molecule has 19 heavy (non-hydrogen) atoms. The van der Waals surface area contributed by atoms with Gasteiger partial charge in [0.05, 0.1) is 12.2 Å². The zero-order valence-corrected chi connectivity index (χ0v) is 10.8. The molecule has 0 bridgehead atoms. The van der Waals surface area contributed by atoms with Gasteiger partial charge in [-0.2, -0.15) is 0 Å². The van der Waals surface area contributed by atoms with E-state index in [2.05, 4.69) is 0 Å². The van der Waals surface area contributed by atoms with E-state index in [1.807, 2.05) is 6.92 Å². The maximum absolute atomic E-state index is 12.0. The molecule has 5 heteroatoms. The fraction of sp³-hybridized carbons (Fsp3) is 0.429. The Morgan fingerprint density at radius 1 is 1.26 bits per heavy atom. The molecular formula is C14H16O5. The first-order chi connectivity index (χ1) is 9.13. The predicted molar refractivity (Wildman–Crippen MR) is 68.0 cm³/mol. The minimum Gasteiger partial charge on any atom is -0.494 e.